The van der Waals surface area contributed by atoms with Crippen molar-refractivity contribution in [2.45, 2.75) is 38.5 Å². The van der Waals surface area contributed by atoms with Gasteiger partial charge in [-0.3, -0.25) is 20.4 Å². The van der Waals surface area contributed by atoms with Gasteiger partial charge in [0.1, 0.15) is 0 Å². The maximum Gasteiger partial charge on any atom is 0.257 e. The number of hydrogen-bond acceptors (Lipinski definition) is 3. The molecule has 0 bridgehead atoms. The third-order valence-corrected chi connectivity index (χ3v) is 4.96. The lowest BCUT2D eigenvalue weighted by molar-refractivity contribution is -0.129. The van der Waals surface area contributed by atoms with Crippen molar-refractivity contribution in [3.05, 3.63) is 65.7 Å². The molecule has 1 aliphatic rings. The van der Waals surface area contributed by atoms with E-state index in [1.165, 1.54) is 5.56 Å². The average molecular weight is 365 g/mol. The number of fused-ring (bicyclic) bond motifs is 1. The molecular weight excluding hydrogens is 338 g/mol. The smallest absolute Gasteiger partial charge is 0.257 e. The number of hydrazine groups is 1. The van der Waals surface area contributed by atoms with Crippen molar-refractivity contribution >= 4 is 17.5 Å². The maximum atomic E-state index is 12.6. The first-order chi connectivity index (χ1) is 13.2. The summed E-state index contributed by atoms with van der Waals surface area (Å²) in [5.74, 6) is -0.633. The molecule has 5 heteroatoms. The molecule has 1 aliphatic heterocycles. The van der Waals surface area contributed by atoms with Crippen LogP contribution < -0.4 is 15.8 Å². The number of anilines is 1. The van der Waals surface area contributed by atoms with Crippen molar-refractivity contribution in [2.75, 3.05) is 18.0 Å². The zero-order valence-corrected chi connectivity index (χ0v) is 15.8. The van der Waals surface area contributed by atoms with Gasteiger partial charge < -0.3 is 4.90 Å². The summed E-state index contributed by atoms with van der Waals surface area (Å²) in [5, 5.41) is 0. The van der Waals surface area contributed by atoms with Gasteiger partial charge in [-0.25, -0.2) is 0 Å². The highest BCUT2D eigenvalue weighted by atomic mass is 16.2. The number of nitrogens with one attached hydrogen (secondary N) is 2. The fourth-order valence-electron chi connectivity index (χ4n) is 3.63. The SMILES string of the molecule is CCC[C@@H](C(=O)NNC(=O)CN1CCCc2ccccc21)c1ccccc1. The standard InChI is InChI=1S/C22H27N3O2/c1-2-9-19(17-10-4-3-5-11-17)22(27)24-23-21(26)16-25-15-8-13-18-12-6-7-14-20(18)25/h3-7,10-12,14,19H,2,8-9,13,15-16H2,1H3,(H,23,26)(H,24,27)/t19-/m1/s1. The van der Waals surface area contributed by atoms with Crippen LogP contribution >= 0.6 is 0 Å². The summed E-state index contributed by atoms with van der Waals surface area (Å²) in [6.07, 6.45) is 3.71. The summed E-state index contributed by atoms with van der Waals surface area (Å²) in [4.78, 5) is 27.0. The van der Waals surface area contributed by atoms with Gasteiger partial charge in [-0.1, -0.05) is 61.9 Å². The van der Waals surface area contributed by atoms with E-state index in [1.54, 1.807) is 0 Å². The Morgan fingerprint density at radius 1 is 1.04 bits per heavy atom. The largest absolute Gasteiger partial charge is 0.362 e. The molecule has 142 valence electrons. The summed E-state index contributed by atoms with van der Waals surface area (Å²) in [6, 6.07) is 17.9. The quantitative estimate of drug-likeness (QED) is 0.773. The van der Waals surface area contributed by atoms with E-state index >= 15 is 0 Å². The highest BCUT2D eigenvalue weighted by Crippen LogP contribution is 2.26. The first-order valence-corrected chi connectivity index (χ1v) is 9.65. The predicted octanol–water partition coefficient (Wildman–Crippen LogP) is 3.17. The van der Waals surface area contributed by atoms with Crippen LogP contribution in [0, 0.1) is 0 Å². The number of carbonyl (C=O) groups excluding carboxylic acids is 2. The Kier molecular flexibility index (Phi) is 6.47. The Morgan fingerprint density at radius 2 is 1.78 bits per heavy atom. The Bertz CT molecular complexity index is 776. The molecular formula is C22H27N3O2. The molecule has 0 aliphatic carbocycles. The second kappa shape index (κ2) is 9.21. The Morgan fingerprint density at radius 3 is 2.56 bits per heavy atom. The highest BCUT2D eigenvalue weighted by molar-refractivity contribution is 5.88. The molecule has 1 atom stereocenters. The minimum absolute atomic E-state index is 0.171. The number of carbonyl (C=O) groups is 2. The van der Waals surface area contributed by atoms with Gasteiger partial charge in [-0.15, -0.1) is 0 Å². The number of para-hydroxylation sites is 1. The van der Waals surface area contributed by atoms with Crippen LogP contribution in [0.4, 0.5) is 5.69 Å². The van der Waals surface area contributed by atoms with Crippen molar-refractivity contribution in [1.82, 2.24) is 10.9 Å². The molecule has 5 nitrogen and oxygen atoms in total. The van der Waals surface area contributed by atoms with E-state index in [0.717, 1.165) is 43.5 Å². The minimum Gasteiger partial charge on any atom is -0.362 e. The Hall–Kier alpha value is -2.82. The van der Waals surface area contributed by atoms with E-state index < -0.39 is 0 Å². The van der Waals surface area contributed by atoms with E-state index in [9.17, 15) is 9.59 Å². The zero-order valence-electron chi connectivity index (χ0n) is 15.8. The van der Waals surface area contributed by atoms with Gasteiger partial charge in [-0.2, -0.15) is 0 Å². The van der Waals surface area contributed by atoms with E-state index in [1.807, 2.05) is 48.5 Å². The molecule has 0 fully saturated rings. The van der Waals surface area contributed by atoms with Crippen molar-refractivity contribution in [3.8, 4) is 0 Å². The molecule has 0 radical (unpaired) electrons. The molecule has 0 saturated heterocycles. The summed E-state index contributed by atoms with van der Waals surface area (Å²) in [5.41, 5.74) is 8.55. The second-order valence-corrected chi connectivity index (χ2v) is 6.94. The Balaban J connectivity index is 1.56. The molecule has 0 spiro atoms. The van der Waals surface area contributed by atoms with Gasteiger partial charge in [0.05, 0.1) is 12.5 Å². The number of rotatable bonds is 6. The van der Waals surface area contributed by atoms with Crippen LogP contribution in [0.5, 0.6) is 0 Å². The fourth-order valence-corrected chi connectivity index (χ4v) is 3.63. The van der Waals surface area contributed by atoms with Crippen LogP contribution in [-0.4, -0.2) is 24.9 Å². The van der Waals surface area contributed by atoms with Crippen LogP contribution in [0.25, 0.3) is 0 Å². The van der Waals surface area contributed by atoms with Gasteiger partial charge in [0.15, 0.2) is 0 Å². The van der Waals surface area contributed by atoms with Crippen LogP contribution in [-0.2, 0) is 16.0 Å². The molecule has 2 amide bonds. The van der Waals surface area contributed by atoms with Crippen LogP contribution in [0.3, 0.4) is 0 Å². The third kappa shape index (κ3) is 4.88. The molecule has 3 rings (SSSR count). The molecule has 1 heterocycles. The maximum absolute atomic E-state index is 12.6. The molecule has 2 N–H and O–H groups in total. The molecule has 27 heavy (non-hydrogen) atoms. The monoisotopic (exact) mass is 365 g/mol. The van der Waals surface area contributed by atoms with Gasteiger partial charge >= 0.3 is 0 Å². The molecule has 2 aromatic rings. The summed E-state index contributed by atoms with van der Waals surface area (Å²) in [7, 11) is 0. The predicted molar refractivity (Wildman–Crippen MR) is 107 cm³/mol. The van der Waals surface area contributed by atoms with Crippen LogP contribution in [0.2, 0.25) is 0 Å². The fraction of sp³-hybridized carbons (Fsp3) is 0.364. The minimum atomic E-state index is -0.257. The lowest BCUT2D eigenvalue weighted by Crippen LogP contribution is -2.48. The number of aryl methyl sites for hydroxylation is 1. The van der Waals surface area contributed by atoms with Crippen LogP contribution in [0.1, 0.15) is 43.2 Å². The number of nitrogens with zero attached hydrogens (tertiary/aromatic N) is 1. The van der Waals surface area contributed by atoms with Gasteiger partial charge in [0.2, 0.25) is 5.91 Å². The van der Waals surface area contributed by atoms with Crippen molar-refractivity contribution in [1.29, 1.82) is 0 Å². The summed E-state index contributed by atoms with van der Waals surface area (Å²) in [6.45, 7) is 3.14. The normalized spacial score (nSPS) is 14.2. The first-order valence-electron chi connectivity index (χ1n) is 9.65. The lowest BCUT2D eigenvalue weighted by atomic mass is 9.94. The second-order valence-electron chi connectivity index (χ2n) is 6.94. The Labute approximate surface area is 160 Å². The van der Waals surface area contributed by atoms with E-state index in [2.05, 4.69) is 28.7 Å². The number of benzene rings is 2. The summed E-state index contributed by atoms with van der Waals surface area (Å²) >= 11 is 0. The number of amides is 2. The van der Waals surface area contributed by atoms with Crippen LogP contribution in [0.15, 0.2) is 54.6 Å². The molecule has 0 aromatic heterocycles. The van der Waals surface area contributed by atoms with E-state index in [4.69, 9.17) is 0 Å². The van der Waals surface area contributed by atoms with Gasteiger partial charge in [-0.05, 0) is 36.5 Å². The van der Waals surface area contributed by atoms with Gasteiger partial charge in [0.25, 0.3) is 5.91 Å². The molecule has 0 saturated carbocycles. The topological polar surface area (TPSA) is 61.4 Å². The highest BCUT2D eigenvalue weighted by Gasteiger charge is 2.22. The third-order valence-electron chi connectivity index (χ3n) is 4.96. The summed E-state index contributed by atoms with van der Waals surface area (Å²) < 4.78 is 0. The number of hydrogen-bond donors (Lipinski definition) is 2. The van der Waals surface area contributed by atoms with Crippen molar-refractivity contribution in [2.24, 2.45) is 0 Å². The average Bonchev–Trinajstić information content (AvgIpc) is 2.71. The van der Waals surface area contributed by atoms with E-state index in [0.29, 0.717) is 0 Å². The zero-order chi connectivity index (χ0) is 19.1. The molecule has 0 unspecified atom stereocenters. The van der Waals surface area contributed by atoms with Crippen molar-refractivity contribution < 1.29 is 9.59 Å². The first kappa shape index (κ1) is 19.0. The van der Waals surface area contributed by atoms with E-state index in [-0.39, 0.29) is 24.3 Å². The van der Waals surface area contributed by atoms with Crippen molar-refractivity contribution in [3.63, 3.8) is 0 Å². The lowest BCUT2D eigenvalue weighted by Gasteiger charge is -2.30. The van der Waals surface area contributed by atoms with Gasteiger partial charge in [0, 0.05) is 12.2 Å². The molecule has 2 aromatic carbocycles.